The Labute approximate surface area is 110 Å². The van der Waals surface area contributed by atoms with Crippen molar-refractivity contribution < 1.29 is 9.90 Å². The van der Waals surface area contributed by atoms with Crippen LogP contribution in [0.3, 0.4) is 0 Å². The summed E-state index contributed by atoms with van der Waals surface area (Å²) in [5.41, 5.74) is 0.918. The molecule has 0 saturated carbocycles. The number of amides is 1. The number of halogens is 2. The van der Waals surface area contributed by atoms with Crippen LogP contribution in [-0.4, -0.2) is 28.6 Å². The lowest BCUT2D eigenvalue weighted by atomic mass is 10.1. The number of carbonyl (C=O) groups is 1. The van der Waals surface area contributed by atoms with Crippen LogP contribution in [-0.2, 0) is 4.79 Å². The average molecular weight is 274 g/mol. The topological polar surface area (TPSA) is 40.5 Å². The first-order valence-corrected chi connectivity index (χ1v) is 6.17. The summed E-state index contributed by atoms with van der Waals surface area (Å²) in [6, 6.07) is 5.21. The van der Waals surface area contributed by atoms with E-state index in [1.54, 1.807) is 17.0 Å². The van der Waals surface area contributed by atoms with Crippen LogP contribution in [0.1, 0.15) is 24.9 Å². The molecule has 92 valence electrons. The third kappa shape index (κ3) is 2.57. The smallest absolute Gasteiger partial charge is 0.225 e. The molecular weight excluding hydrogens is 261 g/mol. The van der Waals surface area contributed by atoms with Gasteiger partial charge in [-0.05, 0) is 24.6 Å². The largest absolute Gasteiger partial charge is 0.391 e. The number of hydrogen-bond donors (Lipinski definition) is 1. The van der Waals surface area contributed by atoms with Gasteiger partial charge in [0.1, 0.15) is 0 Å². The summed E-state index contributed by atoms with van der Waals surface area (Å²) in [6.07, 6.45) is -0.362. The molecule has 1 aliphatic rings. The molecule has 0 aliphatic carbocycles. The van der Waals surface area contributed by atoms with Crippen LogP contribution in [0.4, 0.5) is 0 Å². The van der Waals surface area contributed by atoms with Gasteiger partial charge in [0.15, 0.2) is 0 Å². The molecule has 5 heteroatoms. The van der Waals surface area contributed by atoms with Crippen LogP contribution in [0.5, 0.6) is 0 Å². The van der Waals surface area contributed by atoms with E-state index in [-0.39, 0.29) is 18.4 Å². The van der Waals surface area contributed by atoms with Crippen molar-refractivity contribution in [2.24, 2.45) is 0 Å². The molecule has 1 aromatic rings. The van der Waals surface area contributed by atoms with Crippen LogP contribution in [0, 0.1) is 0 Å². The number of aliphatic hydroxyl groups excluding tert-OH is 1. The van der Waals surface area contributed by atoms with E-state index < -0.39 is 6.10 Å². The van der Waals surface area contributed by atoms with E-state index in [0.29, 0.717) is 16.6 Å². The van der Waals surface area contributed by atoms with E-state index in [9.17, 15) is 9.90 Å². The van der Waals surface area contributed by atoms with Gasteiger partial charge in [0.2, 0.25) is 5.91 Å². The van der Waals surface area contributed by atoms with Crippen LogP contribution in [0.15, 0.2) is 18.2 Å². The number of hydrogen-bond acceptors (Lipinski definition) is 2. The second-order valence-corrected chi connectivity index (χ2v) is 5.07. The van der Waals surface area contributed by atoms with Crippen molar-refractivity contribution in [1.29, 1.82) is 0 Å². The van der Waals surface area contributed by atoms with Crippen molar-refractivity contribution in [3.63, 3.8) is 0 Å². The molecule has 17 heavy (non-hydrogen) atoms. The molecule has 1 N–H and O–H groups in total. The van der Waals surface area contributed by atoms with Gasteiger partial charge in [0.05, 0.1) is 28.6 Å². The molecule has 2 atom stereocenters. The third-order valence-electron chi connectivity index (χ3n) is 3.03. The highest BCUT2D eigenvalue weighted by atomic mass is 35.5. The zero-order chi connectivity index (χ0) is 12.6. The highest BCUT2D eigenvalue weighted by Crippen LogP contribution is 2.30. The van der Waals surface area contributed by atoms with Crippen LogP contribution in [0.25, 0.3) is 0 Å². The fourth-order valence-electron chi connectivity index (χ4n) is 2.04. The van der Waals surface area contributed by atoms with Crippen molar-refractivity contribution in [1.82, 2.24) is 4.90 Å². The fourth-order valence-corrected chi connectivity index (χ4v) is 2.35. The number of carbonyl (C=O) groups excluding carboxylic acids is 1. The van der Waals surface area contributed by atoms with Crippen molar-refractivity contribution in [2.45, 2.75) is 25.5 Å². The summed E-state index contributed by atoms with van der Waals surface area (Å²) in [7, 11) is 0. The molecular formula is C12H13Cl2NO2. The minimum atomic E-state index is -0.562. The Balaban J connectivity index is 2.22. The van der Waals surface area contributed by atoms with Gasteiger partial charge < -0.3 is 10.0 Å². The van der Waals surface area contributed by atoms with Gasteiger partial charge in [0.25, 0.3) is 0 Å². The van der Waals surface area contributed by atoms with E-state index in [0.717, 1.165) is 5.56 Å². The van der Waals surface area contributed by atoms with Crippen molar-refractivity contribution in [3.8, 4) is 0 Å². The van der Waals surface area contributed by atoms with Gasteiger partial charge in [-0.3, -0.25) is 4.79 Å². The molecule has 1 amide bonds. The van der Waals surface area contributed by atoms with E-state index >= 15 is 0 Å². The Hall–Kier alpha value is -0.770. The molecule has 2 rings (SSSR count). The molecule has 2 unspecified atom stereocenters. The minimum absolute atomic E-state index is 0.0314. The number of likely N-dealkylation sites (tertiary alicyclic amines) is 1. The molecule has 3 nitrogen and oxygen atoms in total. The van der Waals surface area contributed by atoms with Gasteiger partial charge >= 0.3 is 0 Å². The van der Waals surface area contributed by atoms with E-state index in [1.165, 1.54) is 0 Å². The highest BCUT2D eigenvalue weighted by Gasteiger charge is 2.31. The maximum Gasteiger partial charge on any atom is 0.225 e. The van der Waals surface area contributed by atoms with Gasteiger partial charge in [-0.25, -0.2) is 0 Å². The van der Waals surface area contributed by atoms with Crippen LogP contribution < -0.4 is 0 Å². The second kappa shape index (κ2) is 4.84. The molecule has 0 bridgehead atoms. The third-order valence-corrected chi connectivity index (χ3v) is 3.77. The number of β-amino-alcohol motifs (C(OH)–C–C–N with tert-alkyl or cyclic N) is 1. The molecule has 0 radical (unpaired) electrons. The number of benzene rings is 1. The molecule has 0 spiro atoms. The Morgan fingerprint density at radius 1 is 1.41 bits per heavy atom. The molecule has 1 aliphatic heterocycles. The average Bonchev–Trinajstić information content (AvgIpc) is 2.61. The summed E-state index contributed by atoms with van der Waals surface area (Å²) in [4.78, 5) is 13.3. The Bertz CT molecular complexity index is 450. The first-order chi connectivity index (χ1) is 7.99. The summed E-state index contributed by atoms with van der Waals surface area (Å²) in [5.74, 6) is -0.0314. The Kier molecular flexibility index (Phi) is 3.61. The predicted octanol–water partition coefficient (Wildman–Crippen LogP) is 2.65. The maximum atomic E-state index is 11.7. The number of aliphatic hydroxyl groups is 1. The first-order valence-electron chi connectivity index (χ1n) is 5.41. The zero-order valence-corrected chi connectivity index (χ0v) is 10.9. The van der Waals surface area contributed by atoms with Gasteiger partial charge in [-0.1, -0.05) is 29.3 Å². The van der Waals surface area contributed by atoms with Gasteiger partial charge in [-0.15, -0.1) is 0 Å². The SMILES string of the molecule is CC(c1ccc(Cl)c(Cl)c1)N1CC(O)CC1=O. The lowest BCUT2D eigenvalue weighted by molar-refractivity contribution is -0.129. The summed E-state index contributed by atoms with van der Waals surface area (Å²) in [5, 5.41) is 10.4. The predicted molar refractivity (Wildman–Crippen MR) is 67.2 cm³/mol. The molecule has 1 heterocycles. The molecule has 1 fully saturated rings. The summed E-state index contributed by atoms with van der Waals surface area (Å²) >= 11 is 11.8. The van der Waals surface area contributed by atoms with Crippen LogP contribution >= 0.6 is 23.2 Å². The van der Waals surface area contributed by atoms with Gasteiger partial charge in [-0.2, -0.15) is 0 Å². The van der Waals surface area contributed by atoms with Gasteiger partial charge in [0, 0.05) is 6.54 Å². The van der Waals surface area contributed by atoms with Crippen molar-refractivity contribution >= 4 is 29.1 Å². The van der Waals surface area contributed by atoms with Crippen molar-refractivity contribution in [3.05, 3.63) is 33.8 Å². The van der Waals surface area contributed by atoms with Crippen molar-refractivity contribution in [2.75, 3.05) is 6.54 Å². The summed E-state index contributed by atoms with van der Waals surface area (Å²) in [6.45, 7) is 2.29. The lowest BCUT2D eigenvalue weighted by Gasteiger charge is -2.25. The highest BCUT2D eigenvalue weighted by molar-refractivity contribution is 6.42. The molecule has 1 aromatic carbocycles. The van der Waals surface area contributed by atoms with E-state index in [4.69, 9.17) is 23.2 Å². The number of rotatable bonds is 2. The lowest BCUT2D eigenvalue weighted by Crippen LogP contribution is -2.29. The second-order valence-electron chi connectivity index (χ2n) is 4.25. The quantitative estimate of drug-likeness (QED) is 0.900. The van der Waals surface area contributed by atoms with E-state index in [2.05, 4.69) is 0 Å². The maximum absolute atomic E-state index is 11.7. The normalized spacial score (nSPS) is 22.0. The van der Waals surface area contributed by atoms with Crippen LogP contribution in [0.2, 0.25) is 10.0 Å². The zero-order valence-electron chi connectivity index (χ0n) is 9.36. The number of nitrogens with zero attached hydrogens (tertiary/aromatic N) is 1. The molecule has 1 saturated heterocycles. The minimum Gasteiger partial charge on any atom is -0.391 e. The Morgan fingerprint density at radius 2 is 2.12 bits per heavy atom. The standard InChI is InChI=1S/C12H13Cl2NO2/c1-7(15-6-9(16)5-12(15)17)8-2-3-10(13)11(14)4-8/h2-4,7,9,16H,5-6H2,1H3. The monoisotopic (exact) mass is 273 g/mol. The molecule has 0 aromatic heterocycles. The van der Waals surface area contributed by atoms with E-state index in [1.807, 2.05) is 13.0 Å². The first kappa shape index (κ1) is 12.7. The summed E-state index contributed by atoms with van der Waals surface area (Å²) < 4.78 is 0. The fraction of sp³-hybridized carbons (Fsp3) is 0.417. The Morgan fingerprint density at radius 3 is 2.65 bits per heavy atom.